The van der Waals surface area contributed by atoms with E-state index in [1.54, 1.807) is 18.8 Å². The normalized spacial score (nSPS) is 9.85. The van der Waals surface area contributed by atoms with Gasteiger partial charge < -0.3 is 10.6 Å². The number of amides is 1. The van der Waals surface area contributed by atoms with Gasteiger partial charge in [-0.3, -0.25) is 4.79 Å². The molecule has 3 nitrogen and oxygen atoms in total. The molecule has 0 bridgehead atoms. The van der Waals surface area contributed by atoms with E-state index in [0.29, 0.717) is 6.54 Å². The van der Waals surface area contributed by atoms with Crippen LogP contribution in [0.2, 0.25) is 0 Å². The Hall–Kier alpha value is -2.56. The lowest BCUT2D eigenvalue weighted by Crippen LogP contribution is -2.24. The molecule has 2 N–H and O–H groups in total. The van der Waals surface area contributed by atoms with Crippen molar-refractivity contribution in [3.8, 4) is 0 Å². The molecule has 27 heavy (non-hydrogen) atoms. The van der Waals surface area contributed by atoms with Crippen LogP contribution in [0.25, 0.3) is 0 Å². The molecule has 0 heterocycles. The summed E-state index contributed by atoms with van der Waals surface area (Å²) >= 11 is 1.79. The number of hydrogen-bond donors (Lipinski definition) is 2. The lowest BCUT2D eigenvalue weighted by Gasteiger charge is -2.06. The zero-order chi connectivity index (χ0) is 19.3. The summed E-state index contributed by atoms with van der Waals surface area (Å²) in [6.07, 6.45) is 0. The smallest absolute Gasteiger partial charge is 0.238 e. The number of thioether (sulfide) groups is 1. The van der Waals surface area contributed by atoms with Crippen LogP contribution in [0.15, 0.2) is 89.8 Å². The van der Waals surface area contributed by atoms with Crippen LogP contribution in [0.5, 0.6) is 0 Å². The fraction of sp³-hybridized carbons (Fsp3) is 0.174. The van der Waals surface area contributed by atoms with E-state index >= 15 is 0 Å². The highest BCUT2D eigenvalue weighted by Crippen LogP contribution is 2.24. The van der Waals surface area contributed by atoms with Crippen LogP contribution in [0.1, 0.15) is 11.1 Å². The second-order valence-electron chi connectivity index (χ2n) is 6.03. The molecule has 1 amide bonds. The zero-order valence-corrected chi connectivity index (χ0v) is 16.6. The Morgan fingerprint density at radius 1 is 0.852 bits per heavy atom. The van der Waals surface area contributed by atoms with Gasteiger partial charge in [-0.15, -0.1) is 11.8 Å². The molecular weight excluding hydrogens is 352 g/mol. The molecule has 0 atom stereocenters. The van der Waals surface area contributed by atoms with Crippen molar-refractivity contribution in [2.24, 2.45) is 0 Å². The molecule has 0 aromatic heterocycles. The first-order valence-corrected chi connectivity index (χ1v) is 9.89. The van der Waals surface area contributed by atoms with Crippen LogP contribution in [0.4, 0.5) is 5.69 Å². The van der Waals surface area contributed by atoms with Gasteiger partial charge in [0.25, 0.3) is 0 Å². The van der Waals surface area contributed by atoms with Gasteiger partial charge in [-0.05, 0) is 43.8 Å². The van der Waals surface area contributed by atoms with Crippen molar-refractivity contribution >= 4 is 23.4 Å². The van der Waals surface area contributed by atoms with Gasteiger partial charge in [0.05, 0.1) is 6.54 Å². The van der Waals surface area contributed by atoms with E-state index in [9.17, 15) is 4.79 Å². The monoisotopic (exact) mass is 378 g/mol. The molecule has 0 saturated carbocycles. The van der Waals surface area contributed by atoms with E-state index in [0.717, 1.165) is 11.4 Å². The summed E-state index contributed by atoms with van der Waals surface area (Å²) in [6.45, 7) is 2.41. The van der Waals surface area contributed by atoms with Crippen LogP contribution >= 0.6 is 11.8 Å². The molecule has 0 radical (unpaired) electrons. The average molecular weight is 379 g/mol. The van der Waals surface area contributed by atoms with Crippen LogP contribution < -0.4 is 10.6 Å². The highest BCUT2D eigenvalue weighted by atomic mass is 32.2. The molecule has 3 aromatic carbocycles. The lowest BCUT2D eigenvalue weighted by molar-refractivity contribution is -0.115. The van der Waals surface area contributed by atoms with Crippen LogP contribution in [0, 0.1) is 6.92 Å². The summed E-state index contributed by atoms with van der Waals surface area (Å²) in [7, 11) is 1.75. The summed E-state index contributed by atoms with van der Waals surface area (Å²) in [5.74, 6) is 0.920. The number of anilines is 1. The quantitative estimate of drug-likeness (QED) is 0.584. The SMILES string of the molecule is CNCC(=O)Nc1ccc(SCc2ccccc2)cc1.Cc1ccccc1. The Bertz CT molecular complexity index is 790. The molecule has 0 spiro atoms. The molecule has 0 fully saturated rings. The van der Waals surface area contributed by atoms with Crippen LogP contribution in [-0.2, 0) is 10.5 Å². The fourth-order valence-electron chi connectivity index (χ4n) is 2.28. The maximum Gasteiger partial charge on any atom is 0.238 e. The minimum Gasteiger partial charge on any atom is -0.325 e. The Balaban J connectivity index is 0.000000313. The van der Waals surface area contributed by atoms with Gasteiger partial charge in [0.1, 0.15) is 0 Å². The van der Waals surface area contributed by atoms with Gasteiger partial charge in [-0.2, -0.15) is 0 Å². The number of aryl methyl sites for hydroxylation is 1. The van der Waals surface area contributed by atoms with Crippen LogP contribution in [-0.4, -0.2) is 19.5 Å². The summed E-state index contributed by atoms with van der Waals surface area (Å²) in [5, 5.41) is 5.65. The fourth-order valence-corrected chi connectivity index (χ4v) is 3.13. The van der Waals surface area contributed by atoms with Gasteiger partial charge >= 0.3 is 0 Å². The maximum absolute atomic E-state index is 11.4. The summed E-state index contributed by atoms with van der Waals surface area (Å²) in [4.78, 5) is 12.6. The summed E-state index contributed by atoms with van der Waals surface area (Å²) < 4.78 is 0. The first kappa shape index (κ1) is 20.7. The number of likely N-dealkylation sites (N-methyl/N-ethyl adjacent to an activating group) is 1. The van der Waals surface area contributed by atoms with E-state index in [1.165, 1.54) is 16.0 Å². The highest BCUT2D eigenvalue weighted by molar-refractivity contribution is 7.98. The number of rotatable bonds is 6. The first-order valence-electron chi connectivity index (χ1n) is 8.90. The highest BCUT2D eigenvalue weighted by Gasteiger charge is 2.01. The predicted molar refractivity (Wildman–Crippen MR) is 116 cm³/mol. The third kappa shape index (κ3) is 8.58. The number of hydrogen-bond acceptors (Lipinski definition) is 3. The van der Waals surface area contributed by atoms with Crippen molar-refractivity contribution in [1.82, 2.24) is 5.32 Å². The van der Waals surface area contributed by atoms with E-state index in [2.05, 4.69) is 54.0 Å². The van der Waals surface area contributed by atoms with E-state index < -0.39 is 0 Å². The molecular formula is C23H26N2OS. The van der Waals surface area contributed by atoms with Crippen LogP contribution in [0.3, 0.4) is 0 Å². The average Bonchev–Trinajstić information content (AvgIpc) is 2.69. The molecule has 0 aliphatic rings. The zero-order valence-electron chi connectivity index (χ0n) is 15.8. The molecule has 0 aliphatic heterocycles. The van der Waals surface area contributed by atoms with Gasteiger partial charge in [0, 0.05) is 16.3 Å². The van der Waals surface area contributed by atoms with E-state index in [-0.39, 0.29) is 5.91 Å². The molecule has 4 heteroatoms. The Labute approximate surface area is 166 Å². The second kappa shape index (κ2) is 11.9. The molecule has 0 aliphatic carbocycles. The third-order valence-corrected chi connectivity index (χ3v) is 4.75. The van der Waals surface area contributed by atoms with Gasteiger partial charge in [0.15, 0.2) is 0 Å². The number of carbonyl (C=O) groups excluding carboxylic acids is 1. The third-order valence-electron chi connectivity index (χ3n) is 3.66. The Morgan fingerprint density at radius 2 is 1.44 bits per heavy atom. The van der Waals surface area contributed by atoms with Crippen molar-refractivity contribution < 1.29 is 4.79 Å². The van der Waals surface area contributed by atoms with E-state index in [1.807, 2.05) is 48.5 Å². The molecule has 3 aromatic rings. The van der Waals surface area contributed by atoms with Crippen molar-refractivity contribution in [2.75, 3.05) is 18.9 Å². The number of benzene rings is 3. The summed E-state index contributed by atoms with van der Waals surface area (Å²) in [5.41, 5.74) is 3.46. The number of carbonyl (C=O) groups is 1. The standard InChI is InChI=1S/C16H18N2OS.C7H8/c1-17-11-16(19)18-14-7-9-15(10-8-14)20-12-13-5-3-2-4-6-13;1-7-5-3-2-4-6-7/h2-10,17H,11-12H2,1H3,(H,18,19);2-6H,1H3. The molecule has 0 unspecified atom stereocenters. The van der Waals surface area contributed by atoms with Crippen molar-refractivity contribution in [1.29, 1.82) is 0 Å². The molecule has 0 saturated heterocycles. The van der Waals surface area contributed by atoms with Gasteiger partial charge in [0.2, 0.25) is 5.91 Å². The maximum atomic E-state index is 11.4. The lowest BCUT2D eigenvalue weighted by atomic mass is 10.2. The van der Waals surface area contributed by atoms with Gasteiger partial charge in [-0.1, -0.05) is 66.2 Å². The Kier molecular flexibility index (Phi) is 9.18. The predicted octanol–water partition coefficient (Wildman–Crippen LogP) is 5.13. The molecule has 140 valence electrons. The molecule has 3 rings (SSSR count). The van der Waals surface area contributed by atoms with Gasteiger partial charge in [-0.25, -0.2) is 0 Å². The first-order chi connectivity index (χ1) is 13.2. The van der Waals surface area contributed by atoms with Crippen molar-refractivity contribution in [3.05, 3.63) is 96.1 Å². The number of nitrogens with one attached hydrogen (secondary N) is 2. The van der Waals surface area contributed by atoms with Crippen molar-refractivity contribution in [2.45, 2.75) is 17.6 Å². The second-order valence-corrected chi connectivity index (χ2v) is 7.08. The Morgan fingerprint density at radius 3 is 1.96 bits per heavy atom. The van der Waals surface area contributed by atoms with Crippen molar-refractivity contribution in [3.63, 3.8) is 0 Å². The van der Waals surface area contributed by atoms with E-state index in [4.69, 9.17) is 0 Å². The largest absolute Gasteiger partial charge is 0.325 e. The minimum absolute atomic E-state index is 0.0304. The topological polar surface area (TPSA) is 41.1 Å². The summed E-state index contributed by atoms with van der Waals surface area (Å²) in [6, 6.07) is 28.6. The minimum atomic E-state index is -0.0304.